The standard InChI is InChI=1S/C14H14FNO/c15-8-11(9-16)10-17-14-7-3-5-12-4-1-2-6-13(12)14/h1-8H,9-10,16H2/b11-8+. The van der Waals surface area contributed by atoms with E-state index in [0.29, 0.717) is 11.9 Å². The molecule has 88 valence electrons. The van der Waals surface area contributed by atoms with Crippen LogP contribution in [-0.4, -0.2) is 13.2 Å². The predicted octanol–water partition coefficient (Wildman–Crippen LogP) is 3.03. The van der Waals surface area contributed by atoms with Crippen molar-refractivity contribution in [2.24, 2.45) is 5.73 Å². The second kappa shape index (κ2) is 5.46. The van der Waals surface area contributed by atoms with Crippen LogP contribution in [0.1, 0.15) is 0 Å². The molecule has 0 saturated heterocycles. The number of nitrogens with two attached hydrogens (primary N) is 1. The van der Waals surface area contributed by atoms with E-state index in [4.69, 9.17) is 10.5 Å². The monoisotopic (exact) mass is 231 g/mol. The van der Waals surface area contributed by atoms with Crippen LogP contribution in [0.3, 0.4) is 0 Å². The van der Waals surface area contributed by atoms with E-state index >= 15 is 0 Å². The molecule has 0 aliphatic heterocycles. The van der Waals surface area contributed by atoms with E-state index in [2.05, 4.69) is 0 Å². The molecule has 0 bridgehead atoms. The smallest absolute Gasteiger partial charge is 0.127 e. The van der Waals surface area contributed by atoms with Gasteiger partial charge in [-0.05, 0) is 11.5 Å². The Morgan fingerprint density at radius 3 is 2.71 bits per heavy atom. The zero-order valence-electron chi connectivity index (χ0n) is 9.40. The van der Waals surface area contributed by atoms with Gasteiger partial charge in [0.05, 0.1) is 6.33 Å². The van der Waals surface area contributed by atoms with Crippen molar-refractivity contribution in [3.05, 3.63) is 54.4 Å². The van der Waals surface area contributed by atoms with E-state index in [9.17, 15) is 4.39 Å². The molecular formula is C14H14FNO. The van der Waals surface area contributed by atoms with E-state index in [-0.39, 0.29) is 13.2 Å². The maximum atomic E-state index is 12.4. The van der Waals surface area contributed by atoms with E-state index in [1.807, 2.05) is 42.5 Å². The van der Waals surface area contributed by atoms with Gasteiger partial charge in [0.15, 0.2) is 0 Å². The number of rotatable bonds is 4. The molecule has 0 atom stereocenters. The van der Waals surface area contributed by atoms with Crippen molar-refractivity contribution >= 4 is 10.8 Å². The Hall–Kier alpha value is -1.87. The summed E-state index contributed by atoms with van der Waals surface area (Å²) in [6.07, 6.45) is 0.505. The van der Waals surface area contributed by atoms with Crippen molar-refractivity contribution in [3.8, 4) is 5.75 Å². The van der Waals surface area contributed by atoms with Crippen molar-refractivity contribution in [3.63, 3.8) is 0 Å². The highest BCUT2D eigenvalue weighted by Gasteiger charge is 2.02. The Bertz CT molecular complexity index is 531. The number of fused-ring (bicyclic) bond motifs is 1. The van der Waals surface area contributed by atoms with Gasteiger partial charge in [-0.3, -0.25) is 0 Å². The molecule has 0 heterocycles. The Morgan fingerprint density at radius 2 is 1.94 bits per heavy atom. The van der Waals surface area contributed by atoms with Crippen LogP contribution in [0.25, 0.3) is 10.8 Å². The Morgan fingerprint density at radius 1 is 1.18 bits per heavy atom. The lowest BCUT2D eigenvalue weighted by molar-refractivity contribution is 0.351. The summed E-state index contributed by atoms with van der Waals surface area (Å²) in [6.45, 7) is 0.349. The van der Waals surface area contributed by atoms with E-state index in [1.54, 1.807) is 0 Å². The highest BCUT2D eigenvalue weighted by molar-refractivity contribution is 5.88. The third-order valence-corrected chi connectivity index (χ3v) is 2.58. The van der Waals surface area contributed by atoms with Gasteiger partial charge in [-0.25, -0.2) is 4.39 Å². The number of ether oxygens (including phenoxy) is 1. The van der Waals surface area contributed by atoms with Crippen LogP contribution in [0, 0.1) is 0 Å². The molecule has 0 saturated carbocycles. The average molecular weight is 231 g/mol. The fourth-order valence-corrected chi connectivity index (χ4v) is 1.63. The van der Waals surface area contributed by atoms with Crippen molar-refractivity contribution < 1.29 is 9.13 Å². The molecule has 3 heteroatoms. The third kappa shape index (κ3) is 2.63. The van der Waals surface area contributed by atoms with E-state index in [0.717, 1.165) is 16.5 Å². The van der Waals surface area contributed by atoms with E-state index in [1.165, 1.54) is 0 Å². The predicted molar refractivity (Wildman–Crippen MR) is 67.7 cm³/mol. The van der Waals surface area contributed by atoms with Gasteiger partial charge in [-0.1, -0.05) is 36.4 Å². The van der Waals surface area contributed by atoms with Crippen molar-refractivity contribution in [1.29, 1.82) is 0 Å². The van der Waals surface area contributed by atoms with Crippen LogP contribution >= 0.6 is 0 Å². The largest absolute Gasteiger partial charge is 0.488 e. The maximum Gasteiger partial charge on any atom is 0.127 e. The highest BCUT2D eigenvalue weighted by Crippen LogP contribution is 2.25. The van der Waals surface area contributed by atoms with Crippen LogP contribution < -0.4 is 10.5 Å². The molecule has 0 aliphatic rings. The molecule has 0 unspecified atom stereocenters. The lowest BCUT2D eigenvalue weighted by Gasteiger charge is -2.09. The summed E-state index contributed by atoms with van der Waals surface area (Å²) in [4.78, 5) is 0. The second-order valence-electron chi connectivity index (χ2n) is 3.74. The minimum absolute atomic E-state index is 0.168. The molecule has 17 heavy (non-hydrogen) atoms. The lowest BCUT2D eigenvalue weighted by atomic mass is 10.1. The molecule has 0 fully saturated rings. The fourth-order valence-electron chi connectivity index (χ4n) is 1.63. The van der Waals surface area contributed by atoms with Crippen molar-refractivity contribution in [2.45, 2.75) is 0 Å². The summed E-state index contributed by atoms with van der Waals surface area (Å²) in [6, 6.07) is 13.7. The fraction of sp³-hybridized carbons (Fsp3) is 0.143. The molecule has 0 radical (unpaired) electrons. The molecule has 0 amide bonds. The number of hydrogen-bond acceptors (Lipinski definition) is 2. The van der Waals surface area contributed by atoms with E-state index < -0.39 is 0 Å². The molecule has 2 aromatic carbocycles. The minimum atomic E-state index is 0.168. The van der Waals surface area contributed by atoms with Crippen molar-refractivity contribution in [2.75, 3.05) is 13.2 Å². The number of benzene rings is 2. The summed E-state index contributed by atoms with van der Waals surface area (Å²) >= 11 is 0. The third-order valence-electron chi connectivity index (χ3n) is 2.58. The van der Waals surface area contributed by atoms with Gasteiger partial charge in [-0.2, -0.15) is 0 Å². The first kappa shape index (κ1) is 11.6. The Labute approximate surface area is 99.5 Å². The normalized spacial score (nSPS) is 11.8. The van der Waals surface area contributed by atoms with Gasteiger partial charge in [0, 0.05) is 17.5 Å². The summed E-state index contributed by atoms with van der Waals surface area (Å²) in [5.41, 5.74) is 5.81. The van der Waals surface area contributed by atoms with Gasteiger partial charge >= 0.3 is 0 Å². The molecule has 2 N–H and O–H groups in total. The minimum Gasteiger partial charge on any atom is -0.488 e. The first-order valence-electron chi connectivity index (χ1n) is 5.44. The van der Waals surface area contributed by atoms with Gasteiger partial charge in [-0.15, -0.1) is 0 Å². The summed E-state index contributed by atoms with van der Waals surface area (Å²) < 4.78 is 17.9. The molecule has 2 aromatic rings. The molecule has 2 rings (SSSR count). The molecular weight excluding hydrogens is 217 g/mol. The summed E-state index contributed by atoms with van der Waals surface area (Å²) in [5.74, 6) is 0.746. The van der Waals surface area contributed by atoms with Crippen LogP contribution in [0.5, 0.6) is 5.75 Å². The number of hydrogen-bond donors (Lipinski definition) is 1. The molecule has 0 aromatic heterocycles. The Balaban J connectivity index is 2.24. The first-order valence-corrected chi connectivity index (χ1v) is 5.44. The lowest BCUT2D eigenvalue weighted by Crippen LogP contribution is -2.10. The summed E-state index contributed by atoms with van der Waals surface area (Å²) in [7, 11) is 0. The van der Waals surface area contributed by atoms with Crippen LogP contribution in [-0.2, 0) is 0 Å². The summed E-state index contributed by atoms with van der Waals surface area (Å²) in [5, 5.41) is 2.12. The molecule has 0 spiro atoms. The quantitative estimate of drug-likeness (QED) is 0.877. The van der Waals surface area contributed by atoms with Gasteiger partial charge in [0.2, 0.25) is 0 Å². The van der Waals surface area contributed by atoms with Crippen molar-refractivity contribution in [1.82, 2.24) is 0 Å². The van der Waals surface area contributed by atoms with Crippen LogP contribution in [0.2, 0.25) is 0 Å². The van der Waals surface area contributed by atoms with Gasteiger partial charge < -0.3 is 10.5 Å². The first-order chi connectivity index (χ1) is 8.35. The van der Waals surface area contributed by atoms with Gasteiger partial charge in [0.1, 0.15) is 12.4 Å². The van der Waals surface area contributed by atoms with Crippen LogP contribution in [0.4, 0.5) is 4.39 Å². The maximum absolute atomic E-state index is 12.4. The second-order valence-corrected chi connectivity index (χ2v) is 3.74. The van der Waals surface area contributed by atoms with Crippen LogP contribution in [0.15, 0.2) is 54.4 Å². The zero-order valence-corrected chi connectivity index (χ0v) is 9.40. The van der Waals surface area contributed by atoms with Gasteiger partial charge in [0.25, 0.3) is 0 Å². The SMILES string of the molecule is NC/C(=C\F)COc1cccc2ccccc12. The molecule has 0 aliphatic carbocycles. The Kier molecular flexibility index (Phi) is 3.73. The topological polar surface area (TPSA) is 35.2 Å². The molecule has 2 nitrogen and oxygen atoms in total. The highest BCUT2D eigenvalue weighted by atomic mass is 19.1. The zero-order chi connectivity index (χ0) is 12.1. The number of halogens is 1. The average Bonchev–Trinajstić information content (AvgIpc) is 2.40.